The fourth-order valence-corrected chi connectivity index (χ4v) is 2.37. The van der Waals surface area contributed by atoms with Crippen molar-refractivity contribution in [2.45, 2.75) is 19.6 Å². The molecular formula is C11H17ClN2S. The minimum absolute atomic E-state index is 0.709. The highest BCUT2D eigenvalue weighted by Crippen LogP contribution is 2.22. The lowest BCUT2D eigenvalue weighted by atomic mass is 10.3. The van der Waals surface area contributed by atoms with Crippen LogP contribution in [0, 0.1) is 5.92 Å². The Morgan fingerprint density at radius 1 is 1.47 bits per heavy atom. The highest BCUT2D eigenvalue weighted by molar-refractivity contribution is 7.98. The maximum atomic E-state index is 6.06. The molecule has 2 nitrogen and oxygen atoms in total. The minimum atomic E-state index is 0.709. The van der Waals surface area contributed by atoms with E-state index >= 15 is 0 Å². The van der Waals surface area contributed by atoms with Crippen LogP contribution >= 0.6 is 23.4 Å². The van der Waals surface area contributed by atoms with E-state index in [1.807, 2.05) is 30.9 Å². The second-order valence-electron chi connectivity index (χ2n) is 3.78. The van der Waals surface area contributed by atoms with E-state index in [0.717, 1.165) is 28.0 Å². The van der Waals surface area contributed by atoms with Crippen LogP contribution in [0.15, 0.2) is 12.1 Å². The molecular weight excluding hydrogens is 228 g/mol. The van der Waals surface area contributed by atoms with Gasteiger partial charge in [0.1, 0.15) is 5.82 Å². The number of hydrogen-bond acceptors (Lipinski definition) is 3. The molecule has 0 amide bonds. The highest BCUT2D eigenvalue weighted by Gasteiger charge is 2.04. The average Bonchev–Trinajstić information content (AvgIpc) is 2.20. The van der Waals surface area contributed by atoms with Crippen molar-refractivity contribution in [1.29, 1.82) is 0 Å². The van der Waals surface area contributed by atoms with Gasteiger partial charge in [-0.25, -0.2) is 4.98 Å². The van der Waals surface area contributed by atoms with Crippen molar-refractivity contribution in [1.82, 2.24) is 4.98 Å². The van der Waals surface area contributed by atoms with Crippen LogP contribution in [-0.2, 0) is 5.75 Å². The molecule has 1 rings (SSSR count). The Hall–Kier alpha value is -0.410. The van der Waals surface area contributed by atoms with Crippen molar-refractivity contribution >= 4 is 29.2 Å². The molecule has 4 heteroatoms. The Morgan fingerprint density at radius 3 is 2.80 bits per heavy atom. The second kappa shape index (κ2) is 6.23. The molecule has 0 bridgehead atoms. The molecule has 0 saturated heterocycles. The Labute approximate surface area is 101 Å². The van der Waals surface area contributed by atoms with Crippen molar-refractivity contribution in [2.75, 3.05) is 18.1 Å². The predicted octanol–water partition coefficient (Wildman–Crippen LogP) is 3.67. The smallest absolute Gasteiger partial charge is 0.126 e. The lowest BCUT2D eigenvalue weighted by molar-refractivity contribution is 0.750. The summed E-state index contributed by atoms with van der Waals surface area (Å²) in [4.78, 5) is 4.42. The maximum absolute atomic E-state index is 6.06. The molecule has 1 N–H and O–H groups in total. The monoisotopic (exact) mass is 244 g/mol. The van der Waals surface area contributed by atoms with Crippen LogP contribution in [0.2, 0.25) is 5.02 Å². The largest absolute Gasteiger partial charge is 0.373 e. The molecule has 0 aliphatic heterocycles. The van der Waals surface area contributed by atoms with E-state index in [1.165, 1.54) is 0 Å². The third-order valence-corrected chi connectivity index (χ3v) is 3.59. The minimum Gasteiger partial charge on any atom is -0.373 e. The first kappa shape index (κ1) is 12.7. The molecule has 1 aromatic rings. The van der Waals surface area contributed by atoms with Crippen molar-refractivity contribution < 1.29 is 0 Å². The lowest BCUT2D eigenvalue weighted by Gasteiger charge is -2.07. The van der Waals surface area contributed by atoms with E-state index < -0.39 is 0 Å². The van der Waals surface area contributed by atoms with Crippen molar-refractivity contribution in [3.05, 3.63) is 22.8 Å². The molecule has 0 aliphatic rings. The number of nitrogens with one attached hydrogen (secondary N) is 1. The average molecular weight is 245 g/mol. The number of aromatic nitrogens is 1. The predicted molar refractivity (Wildman–Crippen MR) is 69.8 cm³/mol. The first-order valence-corrected chi connectivity index (χ1v) is 6.57. The molecule has 0 spiro atoms. The van der Waals surface area contributed by atoms with Crippen LogP contribution in [0.1, 0.15) is 19.5 Å². The third kappa shape index (κ3) is 4.31. The van der Waals surface area contributed by atoms with Gasteiger partial charge in [0.2, 0.25) is 0 Å². The summed E-state index contributed by atoms with van der Waals surface area (Å²) in [6.45, 7) is 4.43. The molecule has 0 radical (unpaired) electrons. The number of pyridine rings is 1. The molecule has 84 valence electrons. The van der Waals surface area contributed by atoms with Gasteiger partial charge in [-0.05, 0) is 23.8 Å². The number of nitrogens with zero attached hydrogens (tertiary/aromatic N) is 1. The summed E-state index contributed by atoms with van der Waals surface area (Å²) in [5.41, 5.74) is 0.967. The van der Waals surface area contributed by atoms with Crippen molar-refractivity contribution in [2.24, 2.45) is 5.92 Å². The lowest BCUT2D eigenvalue weighted by Crippen LogP contribution is -1.98. The van der Waals surface area contributed by atoms with Gasteiger partial charge in [0.15, 0.2) is 0 Å². The molecule has 15 heavy (non-hydrogen) atoms. The Balaban J connectivity index is 2.59. The van der Waals surface area contributed by atoms with Crippen LogP contribution in [0.25, 0.3) is 0 Å². The van der Waals surface area contributed by atoms with E-state index in [9.17, 15) is 0 Å². The normalized spacial score (nSPS) is 10.7. The second-order valence-corrected chi connectivity index (χ2v) is 5.22. The molecule has 1 aromatic heterocycles. The Kier molecular flexibility index (Phi) is 5.26. The van der Waals surface area contributed by atoms with Gasteiger partial charge in [0.05, 0.1) is 10.7 Å². The zero-order valence-electron chi connectivity index (χ0n) is 9.38. The van der Waals surface area contributed by atoms with Crippen LogP contribution in [-0.4, -0.2) is 17.8 Å². The number of thioether (sulfide) groups is 1. The van der Waals surface area contributed by atoms with Gasteiger partial charge in [-0.1, -0.05) is 25.4 Å². The van der Waals surface area contributed by atoms with Gasteiger partial charge in [-0.2, -0.15) is 11.8 Å². The molecule has 0 aliphatic carbocycles. The fourth-order valence-electron chi connectivity index (χ4n) is 1.12. The number of hydrogen-bond donors (Lipinski definition) is 1. The van der Waals surface area contributed by atoms with E-state index in [1.54, 1.807) is 0 Å². The van der Waals surface area contributed by atoms with Gasteiger partial charge < -0.3 is 5.32 Å². The zero-order valence-corrected chi connectivity index (χ0v) is 11.0. The molecule has 0 fully saturated rings. The molecule has 0 saturated carbocycles. The molecule has 0 unspecified atom stereocenters. The summed E-state index contributed by atoms with van der Waals surface area (Å²) in [5.74, 6) is 3.61. The van der Waals surface area contributed by atoms with E-state index in [0.29, 0.717) is 5.92 Å². The molecule has 0 aromatic carbocycles. The van der Waals surface area contributed by atoms with Crippen molar-refractivity contribution in [3.8, 4) is 0 Å². The number of halogens is 1. The summed E-state index contributed by atoms with van der Waals surface area (Å²) in [6.07, 6.45) is 0. The van der Waals surface area contributed by atoms with E-state index in [4.69, 9.17) is 11.6 Å². The van der Waals surface area contributed by atoms with Gasteiger partial charge in [-0.3, -0.25) is 0 Å². The van der Waals surface area contributed by atoms with Crippen LogP contribution < -0.4 is 5.32 Å². The highest BCUT2D eigenvalue weighted by atomic mass is 35.5. The summed E-state index contributed by atoms with van der Waals surface area (Å²) >= 11 is 7.94. The number of rotatable bonds is 5. The quantitative estimate of drug-likeness (QED) is 0.856. The Morgan fingerprint density at radius 2 is 2.20 bits per heavy atom. The molecule has 0 atom stereocenters. The Bertz CT molecular complexity index is 315. The van der Waals surface area contributed by atoms with Gasteiger partial charge in [0.25, 0.3) is 0 Å². The summed E-state index contributed by atoms with van der Waals surface area (Å²) in [6, 6.07) is 3.78. The van der Waals surface area contributed by atoms with Crippen molar-refractivity contribution in [3.63, 3.8) is 0 Å². The zero-order chi connectivity index (χ0) is 11.3. The number of anilines is 1. The first-order chi connectivity index (χ1) is 7.13. The summed E-state index contributed by atoms with van der Waals surface area (Å²) in [7, 11) is 1.86. The van der Waals surface area contributed by atoms with Crippen LogP contribution in [0.4, 0.5) is 5.82 Å². The van der Waals surface area contributed by atoms with Crippen LogP contribution in [0.5, 0.6) is 0 Å². The van der Waals surface area contributed by atoms with E-state index in [2.05, 4.69) is 24.1 Å². The summed E-state index contributed by atoms with van der Waals surface area (Å²) < 4.78 is 0. The van der Waals surface area contributed by atoms with Gasteiger partial charge in [0, 0.05) is 12.8 Å². The van der Waals surface area contributed by atoms with Gasteiger partial charge in [-0.15, -0.1) is 0 Å². The summed E-state index contributed by atoms with van der Waals surface area (Å²) in [5, 5.41) is 3.77. The first-order valence-electron chi connectivity index (χ1n) is 5.04. The fraction of sp³-hybridized carbons (Fsp3) is 0.545. The SMILES string of the molecule is CNc1ccc(Cl)c(CSCC(C)C)n1. The maximum Gasteiger partial charge on any atom is 0.126 e. The standard InChI is InChI=1S/C11H17ClN2S/c1-8(2)6-15-7-10-9(12)4-5-11(13-3)14-10/h4-5,8H,6-7H2,1-3H3,(H,13,14). The third-order valence-electron chi connectivity index (χ3n) is 1.86. The van der Waals surface area contributed by atoms with E-state index in [-0.39, 0.29) is 0 Å². The molecule has 1 heterocycles. The van der Waals surface area contributed by atoms with Gasteiger partial charge >= 0.3 is 0 Å². The van der Waals surface area contributed by atoms with Crippen LogP contribution in [0.3, 0.4) is 0 Å². The topological polar surface area (TPSA) is 24.9 Å².